The third-order valence-corrected chi connectivity index (χ3v) is 5.47. The molecule has 2 aliphatic rings. The highest BCUT2D eigenvalue weighted by Gasteiger charge is 2.39. The van der Waals surface area contributed by atoms with Crippen LogP contribution in [-0.4, -0.2) is 41.2 Å². The van der Waals surface area contributed by atoms with Crippen LogP contribution >= 0.6 is 0 Å². The summed E-state index contributed by atoms with van der Waals surface area (Å²) in [7, 11) is 0. The van der Waals surface area contributed by atoms with Gasteiger partial charge in [0.1, 0.15) is 0 Å². The highest BCUT2D eigenvalue weighted by molar-refractivity contribution is 5.88. The quantitative estimate of drug-likeness (QED) is 0.833. The van der Waals surface area contributed by atoms with Gasteiger partial charge in [0, 0.05) is 43.6 Å². The molecule has 0 bridgehead atoms. The minimum atomic E-state index is -0.154. The first-order valence-electron chi connectivity index (χ1n) is 9.29. The van der Waals surface area contributed by atoms with E-state index in [0.717, 1.165) is 57.2 Å². The van der Waals surface area contributed by atoms with E-state index in [2.05, 4.69) is 0 Å². The second kappa shape index (κ2) is 7.86. The number of amides is 2. The van der Waals surface area contributed by atoms with Crippen molar-refractivity contribution in [2.45, 2.75) is 52.0 Å². The first kappa shape index (κ1) is 17.1. The summed E-state index contributed by atoms with van der Waals surface area (Å²) in [5, 5.41) is 0. The van der Waals surface area contributed by atoms with Crippen molar-refractivity contribution in [3.63, 3.8) is 0 Å². The predicted molar refractivity (Wildman–Crippen MR) is 91.1 cm³/mol. The normalized spacial score (nSPS) is 24.1. The lowest BCUT2D eigenvalue weighted by Gasteiger charge is -2.35. The molecule has 2 amide bonds. The Morgan fingerprint density at radius 2 is 1.88 bits per heavy atom. The molecule has 1 saturated carbocycles. The predicted octanol–water partition coefficient (Wildman–Crippen LogP) is 3.06. The fourth-order valence-electron chi connectivity index (χ4n) is 4.08. The first-order chi connectivity index (χ1) is 11.7. The summed E-state index contributed by atoms with van der Waals surface area (Å²) < 4.78 is 5.11. The van der Waals surface area contributed by atoms with Crippen LogP contribution in [0, 0.1) is 11.8 Å². The molecule has 132 valence electrons. The molecule has 0 N–H and O–H groups in total. The van der Waals surface area contributed by atoms with Gasteiger partial charge in [0.25, 0.3) is 0 Å². The van der Waals surface area contributed by atoms with E-state index in [1.165, 1.54) is 0 Å². The molecule has 1 aliphatic heterocycles. The summed E-state index contributed by atoms with van der Waals surface area (Å²) in [6.07, 6.45) is 9.31. The average Bonchev–Trinajstić information content (AvgIpc) is 3.32. The second-order valence-electron chi connectivity index (χ2n) is 7.01. The number of carbonyl (C=O) groups is 2. The monoisotopic (exact) mass is 332 g/mol. The Morgan fingerprint density at radius 1 is 1.17 bits per heavy atom. The van der Waals surface area contributed by atoms with E-state index in [4.69, 9.17) is 4.42 Å². The fourth-order valence-corrected chi connectivity index (χ4v) is 4.08. The van der Waals surface area contributed by atoms with Crippen LogP contribution in [0.15, 0.2) is 23.0 Å². The van der Waals surface area contributed by atoms with Crippen molar-refractivity contribution in [3.05, 3.63) is 24.2 Å². The Labute approximate surface area is 144 Å². The molecular weight excluding hydrogens is 304 g/mol. The molecule has 1 aromatic rings. The summed E-state index contributed by atoms with van der Waals surface area (Å²) in [4.78, 5) is 29.8. The Hall–Kier alpha value is -1.78. The van der Waals surface area contributed by atoms with E-state index in [1.54, 1.807) is 12.5 Å². The number of carbonyl (C=O) groups excluding carboxylic acids is 2. The highest BCUT2D eigenvalue weighted by atomic mass is 16.3. The zero-order chi connectivity index (χ0) is 16.9. The zero-order valence-corrected chi connectivity index (χ0v) is 14.6. The molecule has 5 nitrogen and oxygen atoms in total. The lowest BCUT2D eigenvalue weighted by molar-refractivity contribution is -0.148. The largest absolute Gasteiger partial charge is 0.472 e. The van der Waals surface area contributed by atoms with Gasteiger partial charge in [-0.2, -0.15) is 0 Å². The van der Waals surface area contributed by atoms with E-state index in [1.807, 2.05) is 22.8 Å². The smallest absolute Gasteiger partial charge is 0.226 e. The molecule has 2 heterocycles. The van der Waals surface area contributed by atoms with Gasteiger partial charge < -0.3 is 14.2 Å². The Bertz CT molecular complexity index is 549. The van der Waals surface area contributed by atoms with E-state index in [0.29, 0.717) is 13.1 Å². The lowest BCUT2D eigenvalue weighted by Crippen LogP contribution is -2.45. The van der Waals surface area contributed by atoms with Gasteiger partial charge in [-0.15, -0.1) is 0 Å². The maximum Gasteiger partial charge on any atom is 0.226 e. The van der Waals surface area contributed by atoms with Gasteiger partial charge in [-0.1, -0.05) is 12.8 Å². The molecule has 1 aromatic heterocycles. The standard InChI is InChI=1S/C19H28N2O3/c1-2-20(13-15-9-12-24-14-15)18(22)16-7-3-4-8-17(16)19(23)21-10-5-6-11-21/h9,12,14,16-17H,2-8,10-11,13H2,1H3. The van der Waals surface area contributed by atoms with Crippen molar-refractivity contribution < 1.29 is 14.0 Å². The molecule has 2 fully saturated rings. The number of likely N-dealkylation sites (tertiary alicyclic amines) is 1. The van der Waals surface area contributed by atoms with Crippen LogP contribution in [0.25, 0.3) is 0 Å². The molecule has 0 radical (unpaired) electrons. The number of hydrogen-bond donors (Lipinski definition) is 0. The molecule has 2 unspecified atom stereocenters. The van der Waals surface area contributed by atoms with Crippen LogP contribution in [0.4, 0.5) is 0 Å². The number of rotatable bonds is 5. The SMILES string of the molecule is CCN(Cc1ccoc1)C(=O)C1CCCCC1C(=O)N1CCCC1. The van der Waals surface area contributed by atoms with Crippen molar-refractivity contribution in [1.29, 1.82) is 0 Å². The molecule has 1 aliphatic carbocycles. The minimum absolute atomic E-state index is 0.122. The summed E-state index contributed by atoms with van der Waals surface area (Å²) in [6.45, 7) is 4.95. The van der Waals surface area contributed by atoms with Gasteiger partial charge in [-0.25, -0.2) is 0 Å². The van der Waals surface area contributed by atoms with Crippen molar-refractivity contribution in [3.8, 4) is 0 Å². The summed E-state index contributed by atoms with van der Waals surface area (Å²) in [5.41, 5.74) is 1.00. The maximum atomic E-state index is 13.1. The van der Waals surface area contributed by atoms with Crippen LogP contribution in [0.2, 0.25) is 0 Å². The highest BCUT2D eigenvalue weighted by Crippen LogP contribution is 2.34. The lowest BCUT2D eigenvalue weighted by atomic mass is 9.77. The third kappa shape index (κ3) is 3.65. The molecule has 0 spiro atoms. The van der Waals surface area contributed by atoms with Crippen LogP contribution < -0.4 is 0 Å². The van der Waals surface area contributed by atoms with E-state index in [9.17, 15) is 9.59 Å². The second-order valence-corrected chi connectivity index (χ2v) is 7.01. The molecule has 3 rings (SSSR count). The van der Waals surface area contributed by atoms with Crippen molar-refractivity contribution in [2.75, 3.05) is 19.6 Å². The molecule has 24 heavy (non-hydrogen) atoms. The molecular formula is C19H28N2O3. The topological polar surface area (TPSA) is 53.8 Å². The van der Waals surface area contributed by atoms with Crippen molar-refractivity contribution >= 4 is 11.8 Å². The van der Waals surface area contributed by atoms with Crippen molar-refractivity contribution in [2.24, 2.45) is 11.8 Å². The van der Waals surface area contributed by atoms with Gasteiger partial charge in [0.2, 0.25) is 11.8 Å². The summed E-state index contributed by atoms with van der Waals surface area (Å²) >= 11 is 0. The zero-order valence-electron chi connectivity index (χ0n) is 14.6. The van der Waals surface area contributed by atoms with Gasteiger partial charge >= 0.3 is 0 Å². The first-order valence-corrected chi connectivity index (χ1v) is 9.29. The van der Waals surface area contributed by atoms with E-state index < -0.39 is 0 Å². The minimum Gasteiger partial charge on any atom is -0.472 e. The summed E-state index contributed by atoms with van der Waals surface area (Å²) in [6, 6.07) is 1.89. The molecule has 1 saturated heterocycles. The van der Waals surface area contributed by atoms with Gasteiger partial charge in [0.05, 0.1) is 12.5 Å². The number of hydrogen-bond acceptors (Lipinski definition) is 3. The third-order valence-electron chi connectivity index (χ3n) is 5.47. The summed E-state index contributed by atoms with van der Waals surface area (Å²) in [5.74, 6) is 0.0716. The number of nitrogens with zero attached hydrogens (tertiary/aromatic N) is 2. The maximum absolute atomic E-state index is 13.1. The Kier molecular flexibility index (Phi) is 5.59. The van der Waals surface area contributed by atoms with E-state index >= 15 is 0 Å². The fraction of sp³-hybridized carbons (Fsp3) is 0.684. The van der Waals surface area contributed by atoms with Crippen LogP contribution in [-0.2, 0) is 16.1 Å². The molecule has 2 atom stereocenters. The van der Waals surface area contributed by atoms with Crippen LogP contribution in [0.3, 0.4) is 0 Å². The van der Waals surface area contributed by atoms with Gasteiger partial charge in [-0.3, -0.25) is 9.59 Å². The van der Waals surface area contributed by atoms with Crippen LogP contribution in [0.5, 0.6) is 0 Å². The Morgan fingerprint density at radius 3 is 2.50 bits per heavy atom. The van der Waals surface area contributed by atoms with Gasteiger partial charge in [0.15, 0.2) is 0 Å². The van der Waals surface area contributed by atoms with E-state index in [-0.39, 0.29) is 23.7 Å². The Balaban J connectivity index is 1.70. The van der Waals surface area contributed by atoms with Crippen molar-refractivity contribution in [1.82, 2.24) is 9.80 Å². The number of furan rings is 1. The molecule has 5 heteroatoms. The molecule has 0 aromatic carbocycles. The van der Waals surface area contributed by atoms with Gasteiger partial charge in [-0.05, 0) is 38.7 Å². The average molecular weight is 332 g/mol. The van der Waals surface area contributed by atoms with Crippen LogP contribution in [0.1, 0.15) is 51.0 Å².